The second kappa shape index (κ2) is 4.11. The molecular formula is C13H20N2O. The van der Waals surface area contributed by atoms with Crippen LogP contribution in [0.4, 0.5) is 0 Å². The van der Waals surface area contributed by atoms with Gasteiger partial charge in [0.05, 0.1) is 6.04 Å². The van der Waals surface area contributed by atoms with Gasteiger partial charge in [-0.05, 0) is 32.1 Å². The lowest BCUT2D eigenvalue weighted by Gasteiger charge is -2.18. The molecule has 2 aliphatic carbocycles. The molecule has 0 aliphatic heterocycles. The summed E-state index contributed by atoms with van der Waals surface area (Å²) in [4.78, 5) is 11.8. The molecule has 0 unspecified atom stereocenters. The molecule has 16 heavy (non-hydrogen) atoms. The van der Waals surface area contributed by atoms with Crippen LogP contribution >= 0.6 is 0 Å². The second-order valence-corrected chi connectivity index (χ2v) is 5.24. The fourth-order valence-electron chi connectivity index (χ4n) is 3.31. The first-order valence-corrected chi connectivity index (χ1v) is 6.68. The summed E-state index contributed by atoms with van der Waals surface area (Å²) in [6.07, 6.45) is 11.1. The maximum atomic E-state index is 11.8. The van der Waals surface area contributed by atoms with Crippen molar-refractivity contribution in [1.29, 1.82) is 0 Å². The van der Waals surface area contributed by atoms with Crippen LogP contribution in [0.25, 0.3) is 0 Å². The van der Waals surface area contributed by atoms with Crippen LogP contribution in [0.3, 0.4) is 0 Å². The van der Waals surface area contributed by atoms with E-state index < -0.39 is 0 Å². The Hall–Kier alpha value is -0.990. The van der Waals surface area contributed by atoms with Gasteiger partial charge in [-0.2, -0.15) is 0 Å². The van der Waals surface area contributed by atoms with Gasteiger partial charge in [-0.25, -0.2) is 0 Å². The zero-order valence-electron chi connectivity index (χ0n) is 9.80. The number of fused-ring (bicyclic) bond motifs is 1. The minimum absolute atomic E-state index is 0.178. The first-order chi connectivity index (χ1) is 7.86. The second-order valence-electron chi connectivity index (χ2n) is 5.24. The Morgan fingerprint density at radius 2 is 1.75 bits per heavy atom. The number of rotatable bonds is 1. The van der Waals surface area contributed by atoms with Crippen molar-refractivity contribution in [2.24, 2.45) is 0 Å². The normalized spacial score (nSPS) is 22.0. The number of hydrogen-bond acceptors (Lipinski definition) is 1. The minimum atomic E-state index is 0.178. The maximum Gasteiger partial charge on any atom is 0.267 e. The van der Waals surface area contributed by atoms with E-state index in [0.717, 1.165) is 18.4 Å². The Balaban J connectivity index is 1.93. The van der Waals surface area contributed by atoms with Gasteiger partial charge >= 0.3 is 0 Å². The fraction of sp³-hybridized carbons (Fsp3) is 0.769. The Morgan fingerprint density at radius 1 is 1.00 bits per heavy atom. The Bertz CT molecular complexity index is 422. The molecule has 1 fully saturated rings. The highest BCUT2D eigenvalue weighted by Gasteiger charge is 2.24. The molecule has 0 aromatic carbocycles. The van der Waals surface area contributed by atoms with Crippen molar-refractivity contribution in [2.45, 2.75) is 63.8 Å². The van der Waals surface area contributed by atoms with Gasteiger partial charge in [0.15, 0.2) is 0 Å². The van der Waals surface area contributed by atoms with E-state index >= 15 is 0 Å². The molecule has 0 amide bonds. The third-order valence-corrected chi connectivity index (χ3v) is 4.17. The van der Waals surface area contributed by atoms with Crippen LogP contribution in [0, 0.1) is 0 Å². The smallest absolute Gasteiger partial charge is 0.267 e. The summed E-state index contributed by atoms with van der Waals surface area (Å²) >= 11 is 0. The third-order valence-electron chi connectivity index (χ3n) is 4.17. The summed E-state index contributed by atoms with van der Waals surface area (Å²) in [5.74, 6) is 0. The molecule has 1 saturated carbocycles. The molecule has 3 rings (SSSR count). The van der Waals surface area contributed by atoms with Crippen LogP contribution < -0.4 is 5.56 Å². The van der Waals surface area contributed by atoms with Crippen molar-refractivity contribution < 1.29 is 0 Å². The predicted molar refractivity (Wildman–Crippen MR) is 63.8 cm³/mol. The Labute approximate surface area is 95.8 Å². The van der Waals surface area contributed by atoms with E-state index in [1.54, 1.807) is 0 Å². The minimum Gasteiger partial charge on any atom is -0.286 e. The lowest BCUT2D eigenvalue weighted by atomic mass is 10.1. The van der Waals surface area contributed by atoms with E-state index in [4.69, 9.17) is 0 Å². The molecular weight excluding hydrogens is 200 g/mol. The highest BCUT2D eigenvalue weighted by atomic mass is 16.1. The lowest BCUT2D eigenvalue weighted by Crippen LogP contribution is -2.15. The summed E-state index contributed by atoms with van der Waals surface area (Å²) < 4.78 is 2.22. The van der Waals surface area contributed by atoms with Gasteiger partial charge in [0, 0.05) is 11.3 Å². The molecule has 0 bridgehead atoms. The summed E-state index contributed by atoms with van der Waals surface area (Å²) in [7, 11) is 0. The van der Waals surface area contributed by atoms with E-state index in [9.17, 15) is 4.79 Å². The molecule has 1 N–H and O–H groups in total. The van der Waals surface area contributed by atoms with Gasteiger partial charge in [-0.15, -0.1) is 0 Å². The van der Waals surface area contributed by atoms with Crippen LogP contribution in [-0.2, 0) is 12.8 Å². The molecule has 88 valence electrons. The van der Waals surface area contributed by atoms with Crippen LogP contribution in [0.1, 0.15) is 62.2 Å². The lowest BCUT2D eigenvalue weighted by molar-refractivity contribution is 0.392. The van der Waals surface area contributed by atoms with Crippen molar-refractivity contribution >= 4 is 0 Å². The largest absolute Gasteiger partial charge is 0.286 e. The quantitative estimate of drug-likeness (QED) is 0.726. The number of hydrogen-bond donors (Lipinski definition) is 1. The van der Waals surface area contributed by atoms with Crippen LogP contribution in [0.15, 0.2) is 4.79 Å². The van der Waals surface area contributed by atoms with Crippen LogP contribution in [0.5, 0.6) is 0 Å². The molecule has 3 nitrogen and oxygen atoms in total. The molecule has 1 aromatic rings. The standard InChI is InChI=1S/C13H20N2O/c16-13-11-8-5-9-12(11)15(14-13)10-6-3-1-2-4-7-10/h10H,1-9H2,(H,14,16). The molecule has 0 atom stereocenters. The summed E-state index contributed by atoms with van der Waals surface area (Å²) in [6.45, 7) is 0. The average molecular weight is 220 g/mol. The summed E-state index contributed by atoms with van der Waals surface area (Å²) in [5, 5.41) is 3.07. The molecule has 1 heterocycles. The van der Waals surface area contributed by atoms with E-state index in [1.807, 2.05) is 0 Å². The van der Waals surface area contributed by atoms with Crippen molar-refractivity contribution in [3.63, 3.8) is 0 Å². The zero-order valence-corrected chi connectivity index (χ0v) is 9.80. The van der Waals surface area contributed by atoms with Crippen LogP contribution in [-0.4, -0.2) is 9.78 Å². The number of aromatic nitrogens is 2. The summed E-state index contributed by atoms with van der Waals surface area (Å²) in [6, 6.07) is 0.567. The number of H-pyrrole nitrogens is 1. The number of nitrogens with zero attached hydrogens (tertiary/aromatic N) is 1. The van der Waals surface area contributed by atoms with Crippen LogP contribution in [0.2, 0.25) is 0 Å². The molecule has 1 aromatic heterocycles. The van der Waals surface area contributed by atoms with Crippen molar-refractivity contribution in [2.75, 3.05) is 0 Å². The average Bonchev–Trinajstić information content (AvgIpc) is 2.75. The molecule has 0 saturated heterocycles. The molecule has 3 heteroatoms. The SMILES string of the molecule is O=c1[nH]n(C2CCCCCC2)c2c1CCC2. The fourth-order valence-corrected chi connectivity index (χ4v) is 3.31. The molecule has 2 aliphatic rings. The number of nitrogens with one attached hydrogen (secondary N) is 1. The van der Waals surface area contributed by atoms with Gasteiger partial charge < -0.3 is 0 Å². The topological polar surface area (TPSA) is 37.8 Å². The van der Waals surface area contributed by atoms with E-state index in [1.165, 1.54) is 50.6 Å². The first-order valence-electron chi connectivity index (χ1n) is 6.68. The van der Waals surface area contributed by atoms with Gasteiger partial charge in [0.1, 0.15) is 0 Å². The predicted octanol–water partition coefficient (Wildman–Crippen LogP) is 2.56. The third kappa shape index (κ3) is 1.62. The van der Waals surface area contributed by atoms with Gasteiger partial charge in [-0.1, -0.05) is 25.7 Å². The van der Waals surface area contributed by atoms with Gasteiger partial charge in [0.25, 0.3) is 5.56 Å². The van der Waals surface area contributed by atoms with Gasteiger partial charge in [0.2, 0.25) is 0 Å². The summed E-state index contributed by atoms with van der Waals surface area (Å²) in [5.41, 5.74) is 2.57. The maximum absolute atomic E-state index is 11.8. The first kappa shape index (κ1) is 10.2. The van der Waals surface area contributed by atoms with E-state index in [2.05, 4.69) is 9.78 Å². The van der Waals surface area contributed by atoms with E-state index in [0.29, 0.717) is 6.04 Å². The van der Waals surface area contributed by atoms with E-state index in [-0.39, 0.29) is 5.56 Å². The number of aromatic amines is 1. The molecule has 0 radical (unpaired) electrons. The highest BCUT2D eigenvalue weighted by Crippen LogP contribution is 2.30. The highest BCUT2D eigenvalue weighted by molar-refractivity contribution is 5.23. The molecule has 0 spiro atoms. The Kier molecular flexibility index (Phi) is 2.62. The van der Waals surface area contributed by atoms with Gasteiger partial charge in [-0.3, -0.25) is 14.6 Å². The monoisotopic (exact) mass is 220 g/mol. The van der Waals surface area contributed by atoms with Crippen molar-refractivity contribution in [3.8, 4) is 0 Å². The Morgan fingerprint density at radius 3 is 2.50 bits per heavy atom. The van der Waals surface area contributed by atoms with Crippen molar-refractivity contribution in [1.82, 2.24) is 9.78 Å². The van der Waals surface area contributed by atoms with Crippen molar-refractivity contribution in [3.05, 3.63) is 21.6 Å². The zero-order chi connectivity index (χ0) is 11.0.